The van der Waals surface area contributed by atoms with Gasteiger partial charge in [-0.15, -0.1) is 11.3 Å². The molecule has 0 bridgehead atoms. The second-order valence-corrected chi connectivity index (χ2v) is 6.76. The molecule has 108 valence electrons. The van der Waals surface area contributed by atoms with E-state index in [2.05, 4.69) is 9.88 Å². The number of likely N-dealkylation sites (tertiary alicyclic amines) is 1. The molecule has 1 aromatic heterocycles. The van der Waals surface area contributed by atoms with Crippen LogP contribution < -0.4 is 0 Å². The first-order chi connectivity index (χ1) is 9.00. The standard InChI is InChI=1S/C14H24N2O2S/c1-14(2,17)13-11(10-18-3)15-12(19-13)6-9-16-7-4-5-8-16/h17H,4-10H2,1-3H3. The Kier molecular flexibility index (Phi) is 4.95. The third-order valence-electron chi connectivity index (χ3n) is 3.42. The molecule has 0 radical (unpaired) electrons. The van der Waals surface area contributed by atoms with Crippen LogP contribution in [0.25, 0.3) is 0 Å². The SMILES string of the molecule is COCc1nc(CCN2CCCC2)sc1C(C)(C)O. The summed E-state index contributed by atoms with van der Waals surface area (Å²) in [5.41, 5.74) is 0.0497. The highest BCUT2D eigenvalue weighted by atomic mass is 32.1. The fourth-order valence-corrected chi connectivity index (χ4v) is 3.54. The van der Waals surface area contributed by atoms with E-state index >= 15 is 0 Å². The van der Waals surface area contributed by atoms with Crippen molar-refractivity contribution in [2.75, 3.05) is 26.7 Å². The molecule has 1 aromatic rings. The Morgan fingerprint density at radius 2 is 2.05 bits per heavy atom. The van der Waals surface area contributed by atoms with Crippen molar-refractivity contribution < 1.29 is 9.84 Å². The van der Waals surface area contributed by atoms with Gasteiger partial charge in [0.05, 0.1) is 27.8 Å². The van der Waals surface area contributed by atoms with E-state index in [1.807, 2.05) is 13.8 Å². The topological polar surface area (TPSA) is 45.6 Å². The largest absolute Gasteiger partial charge is 0.385 e. The maximum Gasteiger partial charge on any atom is 0.0951 e. The van der Waals surface area contributed by atoms with Crippen LogP contribution in [0.5, 0.6) is 0 Å². The molecule has 0 unspecified atom stereocenters. The Morgan fingerprint density at radius 1 is 1.37 bits per heavy atom. The van der Waals surface area contributed by atoms with Crippen LogP contribution in [0, 0.1) is 0 Å². The van der Waals surface area contributed by atoms with Crippen molar-refractivity contribution in [2.45, 2.75) is 45.3 Å². The highest BCUT2D eigenvalue weighted by Gasteiger charge is 2.25. The predicted molar refractivity (Wildman–Crippen MR) is 77.4 cm³/mol. The van der Waals surface area contributed by atoms with Gasteiger partial charge in [0.2, 0.25) is 0 Å². The van der Waals surface area contributed by atoms with Gasteiger partial charge >= 0.3 is 0 Å². The molecule has 0 aromatic carbocycles. The Morgan fingerprint density at radius 3 is 2.63 bits per heavy atom. The molecule has 1 N–H and O–H groups in total. The van der Waals surface area contributed by atoms with Crippen LogP contribution in [0.1, 0.15) is 42.3 Å². The normalized spacial score (nSPS) is 17.3. The molecule has 1 aliphatic rings. The van der Waals surface area contributed by atoms with E-state index in [4.69, 9.17) is 4.74 Å². The number of nitrogens with zero attached hydrogens (tertiary/aromatic N) is 2. The quantitative estimate of drug-likeness (QED) is 0.869. The minimum atomic E-state index is -0.836. The fraction of sp³-hybridized carbons (Fsp3) is 0.786. The average Bonchev–Trinajstić information content (AvgIpc) is 2.94. The lowest BCUT2D eigenvalue weighted by atomic mass is 10.1. The van der Waals surface area contributed by atoms with Gasteiger partial charge in [0.25, 0.3) is 0 Å². The van der Waals surface area contributed by atoms with Crippen LogP contribution in [0.2, 0.25) is 0 Å². The van der Waals surface area contributed by atoms with Gasteiger partial charge in [-0.2, -0.15) is 0 Å². The van der Waals surface area contributed by atoms with Crippen molar-refractivity contribution in [3.63, 3.8) is 0 Å². The highest BCUT2D eigenvalue weighted by molar-refractivity contribution is 7.11. The van der Waals surface area contributed by atoms with Crippen molar-refractivity contribution in [1.29, 1.82) is 0 Å². The fourth-order valence-electron chi connectivity index (χ4n) is 2.48. The molecule has 2 heterocycles. The molecule has 4 nitrogen and oxygen atoms in total. The Hall–Kier alpha value is -0.490. The lowest BCUT2D eigenvalue weighted by Gasteiger charge is -2.16. The third-order valence-corrected chi connectivity index (χ3v) is 4.89. The van der Waals surface area contributed by atoms with Crippen LogP contribution in [0.3, 0.4) is 0 Å². The summed E-state index contributed by atoms with van der Waals surface area (Å²) in [6.45, 7) is 7.60. The molecule has 5 heteroatoms. The monoisotopic (exact) mass is 284 g/mol. The molecule has 0 spiro atoms. The van der Waals surface area contributed by atoms with Gasteiger partial charge in [-0.05, 0) is 39.8 Å². The number of methoxy groups -OCH3 is 1. The number of aliphatic hydroxyl groups is 1. The van der Waals surface area contributed by atoms with E-state index in [9.17, 15) is 5.11 Å². The van der Waals surface area contributed by atoms with Crippen molar-refractivity contribution in [3.05, 3.63) is 15.6 Å². The van der Waals surface area contributed by atoms with E-state index < -0.39 is 5.60 Å². The predicted octanol–water partition coefficient (Wildman–Crippen LogP) is 2.16. The van der Waals surface area contributed by atoms with Crippen LogP contribution in [-0.2, 0) is 23.4 Å². The van der Waals surface area contributed by atoms with Crippen LogP contribution in [0.4, 0.5) is 0 Å². The van der Waals surface area contributed by atoms with Gasteiger partial charge in [0, 0.05) is 20.1 Å². The maximum absolute atomic E-state index is 10.2. The first-order valence-electron chi connectivity index (χ1n) is 6.93. The number of thiazole rings is 1. The van der Waals surface area contributed by atoms with E-state index in [0.29, 0.717) is 6.61 Å². The summed E-state index contributed by atoms with van der Waals surface area (Å²) < 4.78 is 5.18. The van der Waals surface area contributed by atoms with Gasteiger partial charge < -0.3 is 14.7 Å². The van der Waals surface area contributed by atoms with Gasteiger partial charge in [-0.25, -0.2) is 4.98 Å². The van der Waals surface area contributed by atoms with Gasteiger partial charge in [0.1, 0.15) is 0 Å². The van der Waals surface area contributed by atoms with Crippen molar-refractivity contribution in [1.82, 2.24) is 9.88 Å². The summed E-state index contributed by atoms with van der Waals surface area (Å²) in [5, 5.41) is 11.3. The van der Waals surface area contributed by atoms with Crippen LogP contribution >= 0.6 is 11.3 Å². The highest BCUT2D eigenvalue weighted by Crippen LogP contribution is 2.30. The number of hydrogen-bond acceptors (Lipinski definition) is 5. The summed E-state index contributed by atoms with van der Waals surface area (Å²) in [6, 6.07) is 0. The number of ether oxygens (including phenoxy) is 1. The first kappa shape index (κ1) is 14.9. The number of rotatable bonds is 6. The molecule has 2 rings (SSSR count). The van der Waals surface area contributed by atoms with E-state index in [-0.39, 0.29) is 0 Å². The zero-order valence-electron chi connectivity index (χ0n) is 12.1. The number of hydrogen-bond donors (Lipinski definition) is 1. The molecular weight excluding hydrogens is 260 g/mol. The molecule has 1 aliphatic heterocycles. The van der Waals surface area contributed by atoms with Crippen LogP contribution in [0.15, 0.2) is 0 Å². The van der Waals surface area contributed by atoms with Crippen LogP contribution in [-0.4, -0.2) is 41.7 Å². The van der Waals surface area contributed by atoms with Gasteiger partial charge in [-0.3, -0.25) is 0 Å². The number of aromatic nitrogens is 1. The summed E-state index contributed by atoms with van der Waals surface area (Å²) in [5.74, 6) is 0. The molecule has 0 saturated carbocycles. The minimum Gasteiger partial charge on any atom is -0.385 e. The molecule has 19 heavy (non-hydrogen) atoms. The second kappa shape index (κ2) is 6.31. The van der Waals surface area contributed by atoms with E-state index in [1.165, 1.54) is 25.9 Å². The molecule has 0 amide bonds. The lowest BCUT2D eigenvalue weighted by Crippen LogP contribution is -2.21. The molecule has 1 saturated heterocycles. The van der Waals surface area contributed by atoms with Gasteiger partial charge in [0.15, 0.2) is 0 Å². The zero-order valence-corrected chi connectivity index (χ0v) is 12.9. The Balaban J connectivity index is 2.04. The van der Waals surface area contributed by atoms with Crippen molar-refractivity contribution >= 4 is 11.3 Å². The maximum atomic E-state index is 10.2. The van der Waals surface area contributed by atoms with Crippen molar-refractivity contribution in [3.8, 4) is 0 Å². The molecule has 0 aliphatic carbocycles. The minimum absolute atomic E-state index is 0.472. The summed E-state index contributed by atoms with van der Waals surface area (Å²) in [7, 11) is 1.66. The Bertz CT molecular complexity index is 406. The average molecular weight is 284 g/mol. The van der Waals surface area contributed by atoms with E-state index in [0.717, 1.165) is 28.5 Å². The lowest BCUT2D eigenvalue weighted by molar-refractivity contribution is 0.0782. The molecule has 1 fully saturated rings. The summed E-state index contributed by atoms with van der Waals surface area (Å²) in [6.07, 6.45) is 3.61. The summed E-state index contributed by atoms with van der Waals surface area (Å²) in [4.78, 5) is 8.06. The Labute approximate surface area is 119 Å². The molecule has 0 atom stereocenters. The second-order valence-electron chi connectivity index (χ2n) is 5.67. The van der Waals surface area contributed by atoms with Gasteiger partial charge in [-0.1, -0.05) is 0 Å². The third kappa shape index (κ3) is 3.99. The van der Waals surface area contributed by atoms with E-state index in [1.54, 1.807) is 18.4 Å². The first-order valence-corrected chi connectivity index (χ1v) is 7.75. The molecular formula is C14H24N2O2S. The summed E-state index contributed by atoms with van der Waals surface area (Å²) >= 11 is 1.62. The van der Waals surface area contributed by atoms with Crippen molar-refractivity contribution in [2.24, 2.45) is 0 Å². The smallest absolute Gasteiger partial charge is 0.0951 e. The zero-order chi connectivity index (χ0) is 13.9.